The summed E-state index contributed by atoms with van der Waals surface area (Å²) in [6, 6.07) is 6.48. The predicted octanol–water partition coefficient (Wildman–Crippen LogP) is 6.90. The van der Waals surface area contributed by atoms with Gasteiger partial charge in [-0.3, -0.25) is 9.59 Å². The van der Waals surface area contributed by atoms with Gasteiger partial charge in [0.15, 0.2) is 0 Å². The molecule has 28 heavy (non-hydrogen) atoms. The van der Waals surface area contributed by atoms with Gasteiger partial charge in [0.2, 0.25) is 0 Å². The number of amides is 2. The molecule has 3 rings (SSSR count). The van der Waals surface area contributed by atoms with E-state index in [-0.39, 0.29) is 0 Å². The third kappa shape index (κ3) is 5.76. The van der Waals surface area contributed by atoms with Crippen molar-refractivity contribution in [1.29, 1.82) is 0 Å². The number of halogens is 9. The van der Waals surface area contributed by atoms with E-state index >= 15 is 0 Å². The van der Waals surface area contributed by atoms with E-state index in [4.69, 9.17) is 104 Å². The van der Waals surface area contributed by atoms with Gasteiger partial charge in [0.05, 0.1) is 43.4 Å². The zero-order valence-corrected chi connectivity index (χ0v) is 21.0. The molecule has 0 N–H and O–H groups in total. The quantitative estimate of drug-likeness (QED) is 0.204. The van der Waals surface area contributed by atoms with Gasteiger partial charge in [0.1, 0.15) is 0 Å². The summed E-state index contributed by atoms with van der Waals surface area (Å²) in [5.74, 6) is -0.922. The fourth-order valence-electron chi connectivity index (χ4n) is 2.41. The zero-order chi connectivity index (χ0) is 21.4. The minimum atomic E-state index is -1.74. The number of rotatable bonds is 1. The van der Waals surface area contributed by atoms with Gasteiger partial charge in [-0.25, -0.2) is 4.31 Å². The van der Waals surface area contributed by atoms with Crippen molar-refractivity contribution < 1.29 is 9.59 Å². The molecule has 13 heteroatoms. The van der Waals surface area contributed by atoms with Crippen molar-refractivity contribution in [2.24, 2.45) is 0 Å². The molecule has 0 spiro atoms. The Balaban J connectivity index is 0.000000209. The summed E-state index contributed by atoms with van der Waals surface area (Å²) in [7, 11) is 0. The van der Waals surface area contributed by atoms with Crippen molar-refractivity contribution in [3.63, 3.8) is 0 Å². The van der Waals surface area contributed by atoms with Gasteiger partial charge in [-0.2, -0.15) is 0 Å². The van der Waals surface area contributed by atoms with Gasteiger partial charge in [-0.15, -0.1) is 69.6 Å². The maximum absolute atomic E-state index is 11.8. The molecule has 1 aliphatic carbocycles. The topological polar surface area (TPSA) is 37.4 Å². The number of carbonyl (C=O) groups excluding carboxylic acids is 2. The number of imide groups is 1. The molecule has 0 radical (unpaired) electrons. The molecule has 0 aromatic heterocycles. The zero-order valence-electron chi connectivity index (χ0n) is 13.3. The van der Waals surface area contributed by atoms with E-state index in [2.05, 4.69) is 0 Å². The summed E-state index contributed by atoms with van der Waals surface area (Å²) in [5, 5.41) is -2.62. The Labute approximate surface area is 211 Å². The largest absolute Gasteiger partial charge is 0.271 e. The summed E-state index contributed by atoms with van der Waals surface area (Å²) in [4.78, 5) is 23.6. The molecule has 1 saturated carbocycles. The fraction of sp³-hybridized carbons (Fsp3) is 0.467. The normalized spacial score (nSPS) is 32.7. The van der Waals surface area contributed by atoms with Crippen LogP contribution < -0.4 is 0 Å². The third-order valence-electron chi connectivity index (χ3n) is 3.78. The smallest absolute Gasteiger partial charge is 0.268 e. The van der Waals surface area contributed by atoms with Crippen LogP contribution in [0.1, 0.15) is 20.7 Å². The highest BCUT2D eigenvalue weighted by molar-refractivity contribution is 8.03. The lowest BCUT2D eigenvalue weighted by Gasteiger charge is -2.37. The summed E-state index contributed by atoms with van der Waals surface area (Å²) >= 11 is 52.5. The molecule has 0 atom stereocenters. The number of benzene rings is 1. The second-order valence-electron chi connectivity index (χ2n) is 5.65. The third-order valence-corrected chi connectivity index (χ3v) is 9.15. The van der Waals surface area contributed by atoms with Crippen molar-refractivity contribution in [3.8, 4) is 0 Å². The molecule has 1 fully saturated rings. The molecule has 1 aromatic rings. The van der Waals surface area contributed by atoms with Crippen molar-refractivity contribution in [1.82, 2.24) is 4.31 Å². The van der Waals surface area contributed by atoms with E-state index in [1.165, 1.54) is 0 Å². The number of fused-ring (bicyclic) bond motifs is 1. The minimum Gasteiger partial charge on any atom is -0.268 e. The lowest BCUT2D eigenvalue weighted by Crippen LogP contribution is -2.52. The van der Waals surface area contributed by atoms with Gasteiger partial charge in [0.25, 0.3) is 14.9 Å². The highest BCUT2D eigenvalue weighted by Gasteiger charge is 2.47. The van der Waals surface area contributed by atoms with Gasteiger partial charge >= 0.3 is 0 Å². The summed E-state index contributed by atoms with van der Waals surface area (Å²) in [6.45, 7) is 0. The van der Waals surface area contributed by atoms with Crippen molar-refractivity contribution >= 4 is 128 Å². The number of carbonyl (C=O) groups is 2. The molecule has 2 aliphatic rings. The van der Waals surface area contributed by atoms with Crippen LogP contribution in [0.5, 0.6) is 0 Å². The number of alkyl halides is 9. The first-order valence-corrected chi connectivity index (χ1v) is 12.0. The monoisotopic (exact) mass is 583 g/mol. The average molecular weight is 587 g/mol. The van der Waals surface area contributed by atoms with Gasteiger partial charge in [-0.05, 0) is 12.1 Å². The van der Waals surface area contributed by atoms with Crippen molar-refractivity contribution in [2.75, 3.05) is 0 Å². The standard InChI is InChI=1S/C9H4Cl3NO2S.C6H6Cl6/c10-9(11,12)16-13-7(14)5-3-1-2-4-6(5)8(13)15;7-1-2(8)4(10)6(12)5(11)3(1)9/h1-4H;1-6H/t;1-,2-,3-,4-,5-,6+. The molecule has 156 valence electrons. The second-order valence-corrected chi connectivity index (χ2v) is 12.8. The lowest BCUT2D eigenvalue weighted by molar-refractivity contribution is 0.0777. The van der Waals surface area contributed by atoms with E-state index in [1.807, 2.05) is 0 Å². The second kappa shape index (κ2) is 10.3. The Hall–Kier alpha value is 1.32. The average Bonchev–Trinajstić information content (AvgIpc) is 2.88. The molecule has 0 bridgehead atoms. The summed E-state index contributed by atoms with van der Waals surface area (Å²) in [5.41, 5.74) is 0.656. The Bertz CT molecular complexity index is 653. The first-order valence-electron chi connectivity index (χ1n) is 7.45. The van der Waals surface area contributed by atoms with E-state index in [0.29, 0.717) is 23.1 Å². The molecule has 3 nitrogen and oxygen atoms in total. The summed E-state index contributed by atoms with van der Waals surface area (Å²) in [6.07, 6.45) is 0. The Morgan fingerprint density at radius 1 is 0.679 bits per heavy atom. The van der Waals surface area contributed by atoms with Crippen LogP contribution in [0, 0.1) is 0 Å². The molecular formula is C15H10Cl9NO2S. The number of hydrogen-bond acceptors (Lipinski definition) is 3. The fourth-order valence-corrected chi connectivity index (χ4v) is 5.93. The van der Waals surface area contributed by atoms with Crippen molar-refractivity contribution in [2.45, 2.75) is 35.4 Å². The van der Waals surface area contributed by atoms with Crippen LogP contribution in [-0.2, 0) is 0 Å². The summed E-state index contributed by atoms with van der Waals surface area (Å²) < 4.78 is -0.884. The van der Waals surface area contributed by atoms with Gasteiger partial charge < -0.3 is 0 Å². The highest BCUT2D eigenvalue weighted by atomic mass is 35.6. The predicted molar refractivity (Wildman–Crippen MR) is 123 cm³/mol. The lowest BCUT2D eigenvalue weighted by atomic mass is 9.97. The van der Waals surface area contributed by atoms with E-state index < -0.39 is 47.2 Å². The van der Waals surface area contributed by atoms with Crippen LogP contribution >= 0.6 is 116 Å². The van der Waals surface area contributed by atoms with Gasteiger partial charge in [-0.1, -0.05) is 46.9 Å². The maximum Gasteiger partial charge on any atom is 0.271 e. The van der Waals surface area contributed by atoms with Crippen LogP contribution in [0.3, 0.4) is 0 Å². The van der Waals surface area contributed by atoms with E-state index in [0.717, 1.165) is 4.31 Å². The Kier molecular flexibility index (Phi) is 9.40. The molecule has 1 heterocycles. The van der Waals surface area contributed by atoms with Crippen LogP contribution in [0.15, 0.2) is 24.3 Å². The van der Waals surface area contributed by atoms with E-state index in [1.54, 1.807) is 24.3 Å². The van der Waals surface area contributed by atoms with Crippen molar-refractivity contribution in [3.05, 3.63) is 35.4 Å². The van der Waals surface area contributed by atoms with Crippen LogP contribution in [0.4, 0.5) is 0 Å². The molecule has 0 saturated heterocycles. The van der Waals surface area contributed by atoms with Crippen LogP contribution in [0.2, 0.25) is 0 Å². The number of nitrogens with zero attached hydrogens (tertiary/aromatic N) is 1. The molecule has 1 aromatic carbocycles. The van der Waals surface area contributed by atoms with E-state index in [9.17, 15) is 9.59 Å². The molecule has 2 amide bonds. The SMILES string of the molecule is Cl[C@H]1[C@H](Cl)[C@H](Cl)[C@@H](Cl)[C@@H](Cl)[C@H]1Cl.O=C1c2ccccc2C(=O)N1SC(Cl)(Cl)Cl. The maximum atomic E-state index is 11.8. The number of hydrogen-bond donors (Lipinski definition) is 0. The van der Waals surface area contributed by atoms with Crippen LogP contribution in [0.25, 0.3) is 0 Å². The minimum absolute atomic E-state index is 0.328. The Morgan fingerprint density at radius 2 is 0.964 bits per heavy atom. The molecule has 1 aliphatic heterocycles. The first kappa shape index (κ1) is 25.6. The highest BCUT2D eigenvalue weighted by Crippen LogP contribution is 2.44. The molecular weight excluding hydrogens is 577 g/mol. The van der Waals surface area contributed by atoms with Crippen LogP contribution in [-0.4, -0.2) is 51.5 Å². The molecule has 0 unspecified atom stereocenters. The Morgan fingerprint density at radius 3 is 1.21 bits per heavy atom. The van der Waals surface area contributed by atoms with Gasteiger partial charge in [0, 0.05) is 11.9 Å². The first-order chi connectivity index (χ1) is 12.9.